The van der Waals surface area contributed by atoms with E-state index in [0.717, 1.165) is 0 Å². The molecule has 3 unspecified atom stereocenters. The zero-order chi connectivity index (χ0) is 23.6. The van der Waals surface area contributed by atoms with Crippen LogP contribution in [-0.2, 0) is 19.2 Å². The molecule has 0 rings (SSSR count). The summed E-state index contributed by atoms with van der Waals surface area (Å²) in [6.07, 6.45) is -3.39. The number of halogens is 2. The van der Waals surface area contributed by atoms with Crippen LogP contribution in [0.2, 0.25) is 0 Å². The lowest BCUT2D eigenvalue weighted by molar-refractivity contribution is -0.151. The third kappa shape index (κ3) is 11.2. The molecule has 0 saturated carbocycles. The summed E-state index contributed by atoms with van der Waals surface area (Å²) >= 11 is 0. The number of ketones is 1. The van der Waals surface area contributed by atoms with Crippen LogP contribution in [0.25, 0.3) is 0 Å². The third-order valence-corrected chi connectivity index (χ3v) is 4.16. The highest BCUT2D eigenvalue weighted by atomic mass is 19.3. The van der Waals surface area contributed by atoms with Crippen LogP contribution in [0.15, 0.2) is 0 Å². The second-order valence-corrected chi connectivity index (χ2v) is 8.55. The number of amides is 2. The average Bonchev–Trinajstić information content (AvgIpc) is 2.57. The number of alkyl halides is 2. The van der Waals surface area contributed by atoms with Crippen LogP contribution in [0.5, 0.6) is 0 Å². The highest BCUT2D eigenvalue weighted by Gasteiger charge is 2.33. The maximum Gasteiger partial charge on any atom is 0.374 e. The van der Waals surface area contributed by atoms with Crippen LogP contribution in [-0.4, -0.2) is 59.3 Å². The Hall–Kier alpha value is -2.10. The van der Waals surface area contributed by atoms with Gasteiger partial charge in [-0.15, -0.1) is 0 Å². The number of carbonyl (C=O) groups excluding carboxylic acids is 3. The number of Topliss-reactive ketones (excluding diaryl/α,β-unsaturated/α-hetero) is 1. The van der Waals surface area contributed by atoms with Gasteiger partial charge in [0, 0.05) is 12.5 Å². The normalized spacial score (nSPS) is 14.7. The number of hydrogen-bond donors (Lipinski definition) is 4. The standard InChI is InChI=1S/C20H35F2N3O5/c1-10(2)7-14(23-12(5)6)18(27)25-15(8-11(3)4)19(28)24-13(9-16(21)22)17(26)20(29)30/h10-16,23H,7-9H2,1-6H3,(H,24,28)(H,25,27)(H,29,30). The maximum absolute atomic E-state index is 12.8. The summed E-state index contributed by atoms with van der Waals surface area (Å²) in [5, 5.41) is 16.7. The summed E-state index contributed by atoms with van der Waals surface area (Å²) in [5.41, 5.74) is 0. The first-order valence-corrected chi connectivity index (χ1v) is 10.2. The predicted octanol–water partition coefficient (Wildman–Crippen LogP) is 1.72. The number of carbonyl (C=O) groups is 4. The Balaban J connectivity index is 5.48. The van der Waals surface area contributed by atoms with E-state index < -0.39 is 54.5 Å². The topological polar surface area (TPSA) is 125 Å². The number of hydrogen-bond acceptors (Lipinski definition) is 5. The molecule has 0 fully saturated rings. The van der Waals surface area contributed by atoms with E-state index >= 15 is 0 Å². The molecule has 174 valence electrons. The molecule has 0 aliphatic rings. The Kier molecular flexibility index (Phi) is 12.3. The van der Waals surface area contributed by atoms with Crippen LogP contribution in [0, 0.1) is 11.8 Å². The molecule has 0 aliphatic heterocycles. The molecule has 0 aliphatic carbocycles. The molecule has 0 heterocycles. The van der Waals surface area contributed by atoms with Crippen LogP contribution in [0.4, 0.5) is 8.78 Å². The van der Waals surface area contributed by atoms with Crippen molar-refractivity contribution in [3.05, 3.63) is 0 Å². The van der Waals surface area contributed by atoms with Gasteiger partial charge < -0.3 is 21.1 Å². The fraction of sp³-hybridized carbons (Fsp3) is 0.800. The molecule has 10 heteroatoms. The second-order valence-electron chi connectivity index (χ2n) is 8.55. The number of nitrogens with one attached hydrogen (secondary N) is 3. The highest BCUT2D eigenvalue weighted by Crippen LogP contribution is 2.11. The average molecular weight is 436 g/mol. The van der Waals surface area contributed by atoms with Crippen molar-refractivity contribution in [2.75, 3.05) is 0 Å². The van der Waals surface area contributed by atoms with Crippen molar-refractivity contribution in [2.24, 2.45) is 11.8 Å². The predicted molar refractivity (Wildman–Crippen MR) is 108 cm³/mol. The third-order valence-electron chi connectivity index (χ3n) is 4.16. The molecule has 2 amide bonds. The van der Waals surface area contributed by atoms with Gasteiger partial charge in [0.1, 0.15) is 12.1 Å². The molecular formula is C20H35F2N3O5. The van der Waals surface area contributed by atoms with E-state index in [1.807, 2.05) is 41.5 Å². The van der Waals surface area contributed by atoms with Gasteiger partial charge in [0.15, 0.2) is 0 Å². The van der Waals surface area contributed by atoms with Crippen LogP contribution >= 0.6 is 0 Å². The first kappa shape index (κ1) is 27.9. The quantitative estimate of drug-likeness (QED) is 0.308. The van der Waals surface area contributed by atoms with Gasteiger partial charge in [-0.25, -0.2) is 13.6 Å². The van der Waals surface area contributed by atoms with Gasteiger partial charge in [-0.05, 0) is 24.7 Å². The smallest absolute Gasteiger partial charge is 0.374 e. The molecular weight excluding hydrogens is 400 g/mol. The van der Waals surface area contributed by atoms with Gasteiger partial charge in [-0.2, -0.15) is 0 Å². The molecule has 30 heavy (non-hydrogen) atoms. The molecule has 4 N–H and O–H groups in total. The summed E-state index contributed by atoms with van der Waals surface area (Å²) < 4.78 is 25.5. The van der Waals surface area contributed by atoms with E-state index in [-0.39, 0.29) is 24.3 Å². The van der Waals surface area contributed by atoms with Gasteiger partial charge in [-0.3, -0.25) is 14.4 Å². The van der Waals surface area contributed by atoms with Crippen molar-refractivity contribution in [3.8, 4) is 0 Å². The minimum atomic E-state index is -2.98. The molecule has 0 aromatic rings. The van der Waals surface area contributed by atoms with E-state index in [0.29, 0.717) is 6.42 Å². The van der Waals surface area contributed by atoms with Crippen LogP contribution in [0.3, 0.4) is 0 Å². The summed E-state index contributed by atoms with van der Waals surface area (Å²) in [6.45, 7) is 11.3. The molecule has 0 aromatic carbocycles. The number of carboxylic acid groups (broad SMARTS) is 1. The van der Waals surface area contributed by atoms with E-state index in [1.54, 1.807) is 0 Å². The van der Waals surface area contributed by atoms with Crippen molar-refractivity contribution < 1.29 is 33.1 Å². The lowest BCUT2D eigenvalue weighted by atomic mass is 9.99. The van der Waals surface area contributed by atoms with Crippen LogP contribution in [0.1, 0.15) is 60.8 Å². The van der Waals surface area contributed by atoms with Crippen molar-refractivity contribution in [2.45, 2.75) is 91.4 Å². The monoisotopic (exact) mass is 435 g/mol. The van der Waals surface area contributed by atoms with Gasteiger partial charge in [0.05, 0.1) is 6.04 Å². The number of rotatable bonds is 14. The Bertz CT molecular complexity index is 587. The summed E-state index contributed by atoms with van der Waals surface area (Å²) in [4.78, 5) is 48.0. The van der Waals surface area contributed by atoms with Gasteiger partial charge >= 0.3 is 5.97 Å². The number of aliphatic carboxylic acids is 1. The first-order chi connectivity index (χ1) is 13.7. The van der Waals surface area contributed by atoms with Crippen LogP contribution < -0.4 is 16.0 Å². The molecule has 8 nitrogen and oxygen atoms in total. The fourth-order valence-electron chi connectivity index (χ4n) is 2.93. The van der Waals surface area contributed by atoms with E-state index in [1.165, 1.54) is 0 Å². The molecule has 0 radical (unpaired) electrons. The van der Waals surface area contributed by atoms with Crippen molar-refractivity contribution in [1.29, 1.82) is 0 Å². The fourth-order valence-corrected chi connectivity index (χ4v) is 2.93. The lowest BCUT2D eigenvalue weighted by Gasteiger charge is -2.27. The minimum Gasteiger partial charge on any atom is -0.475 e. The largest absolute Gasteiger partial charge is 0.475 e. The van der Waals surface area contributed by atoms with Crippen molar-refractivity contribution >= 4 is 23.6 Å². The molecule has 0 spiro atoms. The SMILES string of the molecule is CC(C)CC(NC(=O)C(CC(C)C)NC(C)C)C(=O)NC(CC(F)F)C(=O)C(=O)O. The summed E-state index contributed by atoms with van der Waals surface area (Å²) in [6, 6.07) is -3.52. The van der Waals surface area contributed by atoms with E-state index in [9.17, 15) is 28.0 Å². The molecule has 0 saturated heterocycles. The Morgan fingerprint density at radius 1 is 0.733 bits per heavy atom. The number of carboxylic acids is 1. The first-order valence-electron chi connectivity index (χ1n) is 10.2. The van der Waals surface area contributed by atoms with Crippen molar-refractivity contribution in [1.82, 2.24) is 16.0 Å². The molecule has 3 atom stereocenters. The Morgan fingerprint density at radius 3 is 1.57 bits per heavy atom. The van der Waals surface area contributed by atoms with E-state index in [2.05, 4.69) is 16.0 Å². The molecule has 0 aromatic heterocycles. The zero-order valence-electron chi connectivity index (χ0n) is 18.5. The van der Waals surface area contributed by atoms with Gasteiger partial charge in [0.25, 0.3) is 5.78 Å². The van der Waals surface area contributed by atoms with Crippen molar-refractivity contribution in [3.63, 3.8) is 0 Å². The Labute approximate surface area is 176 Å². The second kappa shape index (κ2) is 13.3. The maximum atomic E-state index is 12.8. The lowest BCUT2D eigenvalue weighted by Crippen LogP contribution is -2.57. The Morgan fingerprint density at radius 2 is 1.17 bits per heavy atom. The summed E-state index contributed by atoms with van der Waals surface area (Å²) in [7, 11) is 0. The highest BCUT2D eigenvalue weighted by molar-refractivity contribution is 6.35. The minimum absolute atomic E-state index is 0.0143. The van der Waals surface area contributed by atoms with Gasteiger partial charge in [0.2, 0.25) is 18.2 Å². The van der Waals surface area contributed by atoms with Gasteiger partial charge in [-0.1, -0.05) is 41.5 Å². The zero-order valence-corrected chi connectivity index (χ0v) is 18.5. The molecule has 0 bridgehead atoms. The van der Waals surface area contributed by atoms with E-state index in [4.69, 9.17) is 5.11 Å². The summed E-state index contributed by atoms with van der Waals surface area (Å²) in [5.74, 6) is -4.57.